The van der Waals surface area contributed by atoms with Crippen LogP contribution in [0.3, 0.4) is 0 Å². The average Bonchev–Trinajstić information content (AvgIpc) is 3.52. The van der Waals surface area contributed by atoms with E-state index < -0.39 is 11.7 Å². The third-order valence-electron chi connectivity index (χ3n) is 6.43. The van der Waals surface area contributed by atoms with Crippen LogP contribution >= 0.6 is 0 Å². The third-order valence-corrected chi connectivity index (χ3v) is 6.43. The van der Waals surface area contributed by atoms with Crippen LogP contribution in [0.4, 0.5) is 24.9 Å². The Balaban J connectivity index is 1.56. The summed E-state index contributed by atoms with van der Waals surface area (Å²) in [5.41, 5.74) is 6.87. The van der Waals surface area contributed by atoms with E-state index in [-0.39, 0.29) is 24.2 Å². The zero-order chi connectivity index (χ0) is 25.4. The van der Waals surface area contributed by atoms with Crippen LogP contribution in [0.25, 0.3) is 16.9 Å². The Kier molecular flexibility index (Phi) is 6.29. The molecule has 36 heavy (non-hydrogen) atoms. The highest BCUT2D eigenvalue weighted by Crippen LogP contribution is 2.35. The summed E-state index contributed by atoms with van der Waals surface area (Å²) in [7, 11) is 0. The highest BCUT2D eigenvalue weighted by Gasteiger charge is 2.34. The average molecular weight is 500 g/mol. The third kappa shape index (κ3) is 4.60. The smallest absolute Gasteiger partial charge is 0.364 e. The van der Waals surface area contributed by atoms with E-state index in [4.69, 9.17) is 15.7 Å². The standard InChI is InChI=1S/C24H28F3N9/c1-15(2)35-14-30-20-21(32-23(33-22(20)35)34-11-7-16(28)8-12-34)29-13-17-18(24(25,26)27)5-3-6-19(17)36-10-4-9-31-36/h3-6,9-10,14-16H,7-8,11-13,28H2,1-2H3,(H,29,32,33). The van der Waals surface area contributed by atoms with E-state index >= 15 is 0 Å². The summed E-state index contributed by atoms with van der Waals surface area (Å²) in [5, 5.41) is 7.28. The molecule has 0 saturated carbocycles. The number of nitrogens with zero attached hydrogens (tertiary/aromatic N) is 7. The zero-order valence-electron chi connectivity index (χ0n) is 20.1. The van der Waals surface area contributed by atoms with Crippen LogP contribution in [-0.2, 0) is 12.7 Å². The van der Waals surface area contributed by atoms with Crippen molar-refractivity contribution in [1.29, 1.82) is 0 Å². The lowest BCUT2D eigenvalue weighted by molar-refractivity contribution is -0.138. The largest absolute Gasteiger partial charge is 0.416 e. The van der Waals surface area contributed by atoms with Gasteiger partial charge in [-0.2, -0.15) is 28.2 Å². The van der Waals surface area contributed by atoms with Gasteiger partial charge in [0.25, 0.3) is 0 Å². The van der Waals surface area contributed by atoms with Crippen molar-refractivity contribution in [3.8, 4) is 5.69 Å². The van der Waals surface area contributed by atoms with Gasteiger partial charge in [-0.25, -0.2) is 9.67 Å². The minimum absolute atomic E-state index is 0.0641. The van der Waals surface area contributed by atoms with Crippen molar-refractivity contribution in [2.24, 2.45) is 5.73 Å². The fraction of sp³-hybridized carbons (Fsp3) is 0.417. The number of piperidine rings is 1. The number of hydrogen-bond acceptors (Lipinski definition) is 7. The van der Waals surface area contributed by atoms with E-state index in [0.29, 0.717) is 41.7 Å². The predicted octanol–water partition coefficient (Wildman–Crippen LogP) is 4.15. The molecule has 5 rings (SSSR count). The Labute approximate surface area is 206 Å². The van der Waals surface area contributed by atoms with E-state index in [1.807, 2.05) is 18.4 Å². The Bertz CT molecular complexity index is 1340. The topological polar surface area (TPSA) is 103 Å². The molecule has 190 valence electrons. The summed E-state index contributed by atoms with van der Waals surface area (Å²) < 4.78 is 45.3. The first-order valence-corrected chi connectivity index (χ1v) is 11.9. The van der Waals surface area contributed by atoms with Gasteiger partial charge in [0.2, 0.25) is 5.95 Å². The number of fused-ring (bicyclic) bond motifs is 1. The van der Waals surface area contributed by atoms with Gasteiger partial charge in [0, 0.05) is 49.7 Å². The molecule has 1 fully saturated rings. The maximum absolute atomic E-state index is 14.0. The number of nitrogens with two attached hydrogens (primary N) is 1. The summed E-state index contributed by atoms with van der Waals surface area (Å²) in [5.74, 6) is 0.892. The number of nitrogens with one attached hydrogen (secondary N) is 1. The van der Waals surface area contributed by atoms with Crippen LogP contribution in [0, 0.1) is 0 Å². The molecule has 3 N–H and O–H groups in total. The highest BCUT2D eigenvalue weighted by atomic mass is 19.4. The van der Waals surface area contributed by atoms with E-state index in [1.54, 1.807) is 24.7 Å². The second-order valence-electron chi connectivity index (χ2n) is 9.22. The minimum Gasteiger partial charge on any atom is -0.364 e. The van der Waals surface area contributed by atoms with Gasteiger partial charge in [-0.05, 0) is 44.9 Å². The van der Waals surface area contributed by atoms with Crippen molar-refractivity contribution in [3.63, 3.8) is 0 Å². The number of rotatable bonds is 6. The van der Waals surface area contributed by atoms with E-state index in [2.05, 4.69) is 20.3 Å². The SMILES string of the molecule is CC(C)n1cnc2c(NCc3c(-n4cccn4)cccc3C(F)(F)F)nc(N3CCC(N)CC3)nc21. The first-order chi connectivity index (χ1) is 17.2. The molecule has 1 saturated heterocycles. The predicted molar refractivity (Wildman–Crippen MR) is 131 cm³/mol. The lowest BCUT2D eigenvalue weighted by Crippen LogP contribution is -2.40. The summed E-state index contributed by atoms with van der Waals surface area (Å²) in [4.78, 5) is 16.0. The maximum atomic E-state index is 14.0. The molecule has 3 aromatic heterocycles. The highest BCUT2D eigenvalue weighted by molar-refractivity contribution is 5.84. The normalized spacial score (nSPS) is 15.2. The minimum atomic E-state index is -4.53. The van der Waals surface area contributed by atoms with Gasteiger partial charge in [-0.3, -0.25) is 0 Å². The Morgan fingerprint density at radius 1 is 1.14 bits per heavy atom. The molecule has 1 aromatic carbocycles. The van der Waals surface area contributed by atoms with Crippen LogP contribution in [-0.4, -0.2) is 48.4 Å². The van der Waals surface area contributed by atoms with Gasteiger partial charge in [-0.1, -0.05) is 6.07 Å². The number of anilines is 2. The van der Waals surface area contributed by atoms with Crippen molar-refractivity contribution in [3.05, 3.63) is 54.1 Å². The molecule has 4 aromatic rings. The lowest BCUT2D eigenvalue weighted by atomic mass is 10.0. The Morgan fingerprint density at radius 3 is 2.58 bits per heavy atom. The number of halogens is 3. The molecule has 4 heterocycles. The first-order valence-electron chi connectivity index (χ1n) is 11.9. The van der Waals surface area contributed by atoms with Crippen LogP contribution in [0.5, 0.6) is 0 Å². The fourth-order valence-electron chi connectivity index (χ4n) is 4.47. The number of alkyl halides is 3. The van der Waals surface area contributed by atoms with E-state index in [9.17, 15) is 13.2 Å². The number of aromatic nitrogens is 6. The molecule has 0 unspecified atom stereocenters. The number of imidazole rings is 1. The maximum Gasteiger partial charge on any atom is 0.416 e. The summed E-state index contributed by atoms with van der Waals surface area (Å²) in [6.07, 6.45) is 1.94. The second-order valence-corrected chi connectivity index (χ2v) is 9.22. The molecule has 0 bridgehead atoms. The van der Waals surface area contributed by atoms with Crippen molar-refractivity contribution >= 4 is 22.9 Å². The van der Waals surface area contributed by atoms with Crippen LogP contribution in [0.2, 0.25) is 0 Å². The molecule has 0 aliphatic carbocycles. The van der Waals surface area contributed by atoms with Crippen LogP contribution in [0.15, 0.2) is 43.0 Å². The zero-order valence-corrected chi connectivity index (χ0v) is 20.1. The molecular weight excluding hydrogens is 471 g/mol. The van der Waals surface area contributed by atoms with E-state index in [0.717, 1.165) is 18.9 Å². The van der Waals surface area contributed by atoms with Crippen LogP contribution < -0.4 is 16.0 Å². The summed E-state index contributed by atoms with van der Waals surface area (Å²) >= 11 is 0. The van der Waals surface area contributed by atoms with Gasteiger partial charge in [0.15, 0.2) is 17.0 Å². The number of hydrogen-bond donors (Lipinski definition) is 2. The quantitative estimate of drug-likeness (QED) is 0.411. The molecule has 0 spiro atoms. The van der Waals surface area contributed by atoms with Crippen molar-refractivity contribution < 1.29 is 13.2 Å². The Hall–Kier alpha value is -3.67. The van der Waals surface area contributed by atoms with E-state index in [1.165, 1.54) is 16.9 Å². The van der Waals surface area contributed by atoms with Gasteiger partial charge in [-0.15, -0.1) is 0 Å². The molecule has 0 atom stereocenters. The van der Waals surface area contributed by atoms with Gasteiger partial charge in [0.1, 0.15) is 0 Å². The molecular formula is C24H28F3N9. The second kappa shape index (κ2) is 9.41. The van der Waals surface area contributed by atoms with Crippen molar-refractivity contribution in [1.82, 2.24) is 29.3 Å². The molecule has 1 aliphatic heterocycles. The van der Waals surface area contributed by atoms with Crippen LogP contribution in [0.1, 0.15) is 43.9 Å². The Morgan fingerprint density at radius 2 is 1.92 bits per heavy atom. The molecule has 1 aliphatic rings. The molecule has 0 amide bonds. The monoisotopic (exact) mass is 499 g/mol. The summed E-state index contributed by atoms with van der Waals surface area (Å²) in [6, 6.07) is 5.98. The fourth-order valence-corrected chi connectivity index (χ4v) is 4.47. The molecule has 9 nitrogen and oxygen atoms in total. The summed E-state index contributed by atoms with van der Waals surface area (Å²) in [6.45, 7) is 5.33. The van der Waals surface area contributed by atoms with Crippen molar-refractivity contribution in [2.45, 2.75) is 51.5 Å². The first kappa shape index (κ1) is 24.0. The van der Waals surface area contributed by atoms with Gasteiger partial charge in [0.05, 0.1) is 17.6 Å². The van der Waals surface area contributed by atoms with Crippen molar-refractivity contribution in [2.75, 3.05) is 23.3 Å². The molecule has 12 heteroatoms. The van der Waals surface area contributed by atoms with Gasteiger partial charge >= 0.3 is 6.18 Å². The lowest BCUT2D eigenvalue weighted by Gasteiger charge is -2.30. The van der Waals surface area contributed by atoms with Gasteiger partial charge < -0.3 is 20.5 Å². The molecule has 0 radical (unpaired) electrons. The number of benzene rings is 1.